The summed E-state index contributed by atoms with van der Waals surface area (Å²) in [4.78, 5) is 37.0. The van der Waals surface area contributed by atoms with E-state index < -0.39 is 30.1 Å². The zero-order chi connectivity index (χ0) is 24.2. The molecule has 9 nitrogen and oxygen atoms in total. The summed E-state index contributed by atoms with van der Waals surface area (Å²) >= 11 is 0. The van der Waals surface area contributed by atoms with Gasteiger partial charge in [-0.3, -0.25) is 9.48 Å². The first-order valence-corrected chi connectivity index (χ1v) is 11.0. The average molecular weight is 463 g/mol. The van der Waals surface area contributed by atoms with Crippen molar-refractivity contribution < 1.29 is 24.2 Å². The molecule has 0 fully saturated rings. The van der Waals surface area contributed by atoms with Crippen LogP contribution in [0.25, 0.3) is 11.1 Å². The van der Waals surface area contributed by atoms with Crippen LogP contribution >= 0.6 is 0 Å². The zero-order valence-corrected chi connectivity index (χ0v) is 18.9. The van der Waals surface area contributed by atoms with E-state index in [4.69, 9.17) is 4.74 Å². The molecule has 3 N–H and O–H groups in total. The van der Waals surface area contributed by atoms with Gasteiger partial charge in [0.25, 0.3) is 0 Å². The minimum Gasteiger partial charge on any atom is -0.480 e. The van der Waals surface area contributed by atoms with Gasteiger partial charge in [-0.15, -0.1) is 0 Å². The predicted octanol–water partition coefficient (Wildman–Crippen LogP) is 2.98. The Bertz CT molecular complexity index is 1180. The number of aryl methyl sites for hydroxylation is 1. The van der Waals surface area contributed by atoms with E-state index in [1.165, 1.54) is 10.9 Å². The Balaban J connectivity index is 1.48. The molecule has 2 aromatic carbocycles. The van der Waals surface area contributed by atoms with Crippen LogP contribution in [0.5, 0.6) is 0 Å². The highest BCUT2D eigenvalue weighted by atomic mass is 16.5. The molecule has 1 aliphatic carbocycles. The molecular weight excluding hydrogens is 436 g/mol. The molecule has 0 bridgehead atoms. The number of hydrogen-bond donors (Lipinski definition) is 3. The monoisotopic (exact) mass is 462 g/mol. The molecule has 1 aliphatic rings. The minimum atomic E-state index is -1.15. The largest absolute Gasteiger partial charge is 0.480 e. The molecule has 9 heteroatoms. The Kier molecular flexibility index (Phi) is 6.62. The lowest BCUT2D eigenvalue weighted by molar-refractivity contribution is -0.142. The van der Waals surface area contributed by atoms with Gasteiger partial charge in [-0.1, -0.05) is 55.5 Å². The van der Waals surface area contributed by atoms with E-state index in [0.29, 0.717) is 5.56 Å². The third-order valence-electron chi connectivity index (χ3n) is 5.95. The van der Waals surface area contributed by atoms with Crippen LogP contribution < -0.4 is 10.6 Å². The molecule has 2 atom stereocenters. The molecule has 34 heavy (non-hydrogen) atoms. The first-order chi connectivity index (χ1) is 16.4. The molecule has 176 valence electrons. The number of carbonyl (C=O) groups excluding carboxylic acids is 2. The Labute approximate surface area is 196 Å². The summed E-state index contributed by atoms with van der Waals surface area (Å²) in [5, 5.41) is 18.4. The number of fused-ring (bicyclic) bond motifs is 3. The van der Waals surface area contributed by atoms with Crippen LogP contribution in [-0.2, 0) is 21.4 Å². The molecule has 1 unspecified atom stereocenters. The molecule has 1 heterocycles. The van der Waals surface area contributed by atoms with Gasteiger partial charge in [0.1, 0.15) is 18.7 Å². The Morgan fingerprint density at radius 3 is 2.21 bits per heavy atom. The molecule has 4 rings (SSSR count). The average Bonchev–Trinajstić information content (AvgIpc) is 3.40. The van der Waals surface area contributed by atoms with Crippen molar-refractivity contribution in [2.24, 2.45) is 7.05 Å². The lowest BCUT2D eigenvalue weighted by Crippen LogP contribution is -2.47. The maximum absolute atomic E-state index is 12.9. The molecule has 3 aromatic rings. The smallest absolute Gasteiger partial charge is 0.408 e. The van der Waals surface area contributed by atoms with Crippen LogP contribution in [0.15, 0.2) is 60.9 Å². The summed E-state index contributed by atoms with van der Waals surface area (Å²) in [6, 6.07) is 13.8. The molecule has 0 saturated carbocycles. The van der Waals surface area contributed by atoms with Crippen molar-refractivity contribution >= 4 is 18.0 Å². The summed E-state index contributed by atoms with van der Waals surface area (Å²) in [6.45, 7) is 1.74. The lowest BCUT2D eigenvalue weighted by atomic mass is 9.98. The number of benzene rings is 2. The van der Waals surface area contributed by atoms with E-state index >= 15 is 0 Å². The molecule has 0 aliphatic heterocycles. The number of ether oxygens (including phenoxy) is 1. The van der Waals surface area contributed by atoms with Gasteiger partial charge in [0.15, 0.2) is 0 Å². The van der Waals surface area contributed by atoms with Gasteiger partial charge >= 0.3 is 12.1 Å². The standard InChI is InChI=1S/C25H26N4O5/c1-3-21(24(31)32)27-23(30)22(15-12-26-29(2)13-15)28-25(33)34-14-20-18-10-6-4-8-16(18)17-9-5-7-11-19(17)20/h4-13,20-22H,3,14H2,1-2H3,(H,27,30)(H,28,33)(H,31,32)/t21-,22?/m1/s1. The molecule has 0 spiro atoms. The van der Waals surface area contributed by atoms with Gasteiger partial charge in [-0.2, -0.15) is 5.10 Å². The fourth-order valence-corrected chi connectivity index (χ4v) is 4.24. The molecule has 0 radical (unpaired) electrons. The van der Waals surface area contributed by atoms with Gasteiger partial charge in [0, 0.05) is 24.7 Å². The fraction of sp³-hybridized carbons (Fsp3) is 0.280. The zero-order valence-electron chi connectivity index (χ0n) is 18.9. The molecule has 0 saturated heterocycles. The molecular formula is C25H26N4O5. The number of nitrogens with zero attached hydrogens (tertiary/aromatic N) is 2. The lowest BCUT2D eigenvalue weighted by Gasteiger charge is -2.21. The van der Waals surface area contributed by atoms with E-state index in [2.05, 4.69) is 15.7 Å². The van der Waals surface area contributed by atoms with Crippen molar-refractivity contribution in [3.05, 3.63) is 77.6 Å². The number of rotatable bonds is 8. The van der Waals surface area contributed by atoms with Gasteiger partial charge in [-0.05, 0) is 28.7 Å². The highest BCUT2D eigenvalue weighted by Crippen LogP contribution is 2.44. The third kappa shape index (κ3) is 4.63. The number of carboxylic acids is 1. The van der Waals surface area contributed by atoms with Gasteiger partial charge in [0.05, 0.1) is 6.20 Å². The van der Waals surface area contributed by atoms with E-state index in [0.717, 1.165) is 22.3 Å². The highest BCUT2D eigenvalue weighted by molar-refractivity contribution is 5.90. The quantitative estimate of drug-likeness (QED) is 0.473. The van der Waals surface area contributed by atoms with Crippen molar-refractivity contribution in [3.63, 3.8) is 0 Å². The van der Waals surface area contributed by atoms with Crippen LogP contribution in [0.1, 0.15) is 42.0 Å². The van der Waals surface area contributed by atoms with Gasteiger partial charge < -0.3 is 20.5 Å². The van der Waals surface area contributed by atoms with Gasteiger partial charge in [-0.25, -0.2) is 9.59 Å². The van der Waals surface area contributed by atoms with E-state index in [9.17, 15) is 19.5 Å². The van der Waals surface area contributed by atoms with Crippen molar-refractivity contribution in [1.29, 1.82) is 0 Å². The predicted molar refractivity (Wildman–Crippen MR) is 124 cm³/mol. The van der Waals surface area contributed by atoms with Crippen LogP contribution in [-0.4, -0.2) is 45.5 Å². The topological polar surface area (TPSA) is 123 Å². The summed E-state index contributed by atoms with van der Waals surface area (Å²) in [5.74, 6) is -1.93. The third-order valence-corrected chi connectivity index (χ3v) is 5.95. The first kappa shape index (κ1) is 23.0. The number of hydrogen-bond acceptors (Lipinski definition) is 5. The van der Waals surface area contributed by atoms with E-state index in [-0.39, 0.29) is 18.9 Å². The number of amides is 2. The Morgan fingerprint density at radius 1 is 1.06 bits per heavy atom. The second kappa shape index (κ2) is 9.78. The summed E-state index contributed by atoms with van der Waals surface area (Å²) in [6.07, 6.45) is 2.44. The second-order valence-corrected chi connectivity index (χ2v) is 8.16. The first-order valence-electron chi connectivity index (χ1n) is 11.0. The Morgan fingerprint density at radius 2 is 1.68 bits per heavy atom. The van der Waals surface area contributed by atoms with Crippen LogP contribution in [0.4, 0.5) is 4.79 Å². The maximum atomic E-state index is 12.9. The minimum absolute atomic E-state index is 0.0912. The fourth-order valence-electron chi connectivity index (χ4n) is 4.24. The summed E-state index contributed by atoms with van der Waals surface area (Å²) in [5.41, 5.74) is 4.78. The number of aromatic nitrogens is 2. The number of nitrogens with one attached hydrogen (secondary N) is 2. The number of aliphatic carboxylic acids is 1. The SMILES string of the molecule is CC[C@@H](NC(=O)C(NC(=O)OCC1c2ccccc2-c2ccccc21)c1cnn(C)c1)C(=O)O. The van der Waals surface area contributed by atoms with E-state index in [1.807, 2.05) is 48.5 Å². The molecule has 1 aromatic heterocycles. The van der Waals surface area contributed by atoms with E-state index in [1.54, 1.807) is 20.2 Å². The van der Waals surface area contributed by atoms with Crippen molar-refractivity contribution in [3.8, 4) is 11.1 Å². The Hall–Kier alpha value is -4.14. The molecule has 2 amide bonds. The normalized spacial score (nSPS) is 13.9. The summed E-state index contributed by atoms with van der Waals surface area (Å²) < 4.78 is 7.04. The highest BCUT2D eigenvalue weighted by Gasteiger charge is 2.31. The van der Waals surface area contributed by atoms with Crippen LogP contribution in [0, 0.1) is 0 Å². The van der Waals surface area contributed by atoms with Crippen molar-refractivity contribution in [2.75, 3.05) is 6.61 Å². The van der Waals surface area contributed by atoms with Crippen molar-refractivity contribution in [1.82, 2.24) is 20.4 Å². The number of carboxylic acid groups (broad SMARTS) is 1. The number of carbonyl (C=O) groups is 3. The van der Waals surface area contributed by atoms with Gasteiger partial charge in [0.2, 0.25) is 5.91 Å². The second-order valence-electron chi connectivity index (χ2n) is 8.16. The van der Waals surface area contributed by atoms with Crippen LogP contribution in [0.2, 0.25) is 0 Å². The number of alkyl carbamates (subject to hydrolysis) is 1. The van der Waals surface area contributed by atoms with Crippen molar-refractivity contribution in [2.45, 2.75) is 31.3 Å². The summed E-state index contributed by atoms with van der Waals surface area (Å²) in [7, 11) is 1.68. The maximum Gasteiger partial charge on any atom is 0.408 e. The van der Waals surface area contributed by atoms with Crippen LogP contribution in [0.3, 0.4) is 0 Å².